The van der Waals surface area contributed by atoms with Crippen LogP contribution in [0.3, 0.4) is 0 Å². The lowest BCUT2D eigenvalue weighted by Crippen LogP contribution is -2.15. The predicted molar refractivity (Wildman–Crippen MR) is 77.8 cm³/mol. The number of hydrogen-bond donors (Lipinski definition) is 2. The number of halogens is 1. The molecule has 0 fully saturated rings. The van der Waals surface area contributed by atoms with Gasteiger partial charge in [0.25, 0.3) is 0 Å². The summed E-state index contributed by atoms with van der Waals surface area (Å²) in [6.45, 7) is 6.55. The zero-order valence-corrected chi connectivity index (χ0v) is 12.7. The van der Waals surface area contributed by atoms with Gasteiger partial charge in [-0.1, -0.05) is 15.9 Å². The van der Waals surface area contributed by atoms with E-state index in [1.165, 1.54) is 0 Å². The summed E-state index contributed by atoms with van der Waals surface area (Å²) in [5.74, 6) is 0.342. The first-order valence-electron chi connectivity index (χ1n) is 6.39. The molecule has 0 spiro atoms. The topological polar surface area (TPSA) is 41.5 Å². The van der Waals surface area contributed by atoms with Crippen LogP contribution in [0.5, 0.6) is 5.75 Å². The Kier molecular flexibility index (Phi) is 7.32. The van der Waals surface area contributed by atoms with Gasteiger partial charge >= 0.3 is 0 Å². The molecule has 18 heavy (non-hydrogen) atoms. The van der Waals surface area contributed by atoms with Crippen molar-refractivity contribution in [2.45, 2.75) is 39.3 Å². The smallest absolute Gasteiger partial charge is 0.120 e. The molecule has 1 rings (SSSR count). The summed E-state index contributed by atoms with van der Waals surface area (Å²) >= 11 is 3.40. The first-order chi connectivity index (χ1) is 8.59. The van der Waals surface area contributed by atoms with Crippen LogP contribution in [0.1, 0.15) is 32.3 Å². The third-order valence-corrected chi connectivity index (χ3v) is 3.05. The van der Waals surface area contributed by atoms with E-state index in [2.05, 4.69) is 21.2 Å². The van der Waals surface area contributed by atoms with Crippen LogP contribution in [-0.4, -0.2) is 24.4 Å². The molecule has 0 saturated carbocycles. The number of unbranched alkanes of at least 4 members (excludes halogenated alkanes) is 1. The van der Waals surface area contributed by atoms with Gasteiger partial charge in [0.05, 0.1) is 6.10 Å². The molecule has 0 aliphatic heterocycles. The van der Waals surface area contributed by atoms with Gasteiger partial charge in [-0.05, 0) is 51.4 Å². The van der Waals surface area contributed by atoms with E-state index >= 15 is 0 Å². The van der Waals surface area contributed by atoms with Crippen LogP contribution in [-0.2, 0) is 11.3 Å². The van der Waals surface area contributed by atoms with Crippen LogP contribution < -0.4 is 5.32 Å². The summed E-state index contributed by atoms with van der Waals surface area (Å²) in [6, 6.07) is 5.48. The van der Waals surface area contributed by atoms with Crippen LogP contribution in [0.25, 0.3) is 0 Å². The average Bonchev–Trinajstić information content (AvgIpc) is 2.32. The highest BCUT2D eigenvalue weighted by molar-refractivity contribution is 9.10. The molecule has 1 aromatic rings. The number of hydrogen-bond acceptors (Lipinski definition) is 3. The first kappa shape index (κ1) is 15.5. The van der Waals surface area contributed by atoms with E-state index in [9.17, 15) is 5.11 Å². The largest absolute Gasteiger partial charge is 0.508 e. The van der Waals surface area contributed by atoms with Crippen molar-refractivity contribution >= 4 is 15.9 Å². The summed E-state index contributed by atoms with van der Waals surface area (Å²) in [6.07, 6.45) is 2.47. The third kappa shape index (κ3) is 6.38. The number of benzene rings is 1. The molecular formula is C14H22BrNO2. The highest BCUT2D eigenvalue weighted by Crippen LogP contribution is 2.21. The molecule has 4 heteroatoms. The monoisotopic (exact) mass is 315 g/mol. The lowest BCUT2D eigenvalue weighted by atomic mass is 10.2. The fraction of sp³-hybridized carbons (Fsp3) is 0.571. The van der Waals surface area contributed by atoms with E-state index in [0.717, 1.165) is 36.0 Å². The minimum absolute atomic E-state index is 0.316. The van der Waals surface area contributed by atoms with Gasteiger partial charge in [0.1, 0.15) is 5.75 Å². The van der Waals surface area contributed by atoms with Crippen LogP contribution in [0.4, 0.5) is 0 Å². The third-order valence-electron chi connectivity index (χ3n) is 2.56. The van der Waals surface area contributed by atoms with Crippen molar-refractivity contribution in [3.63, 3.8) is 0 Å². The summed E-state index contributed by atoms with van der Waals surface area (Å²) in [5.41, 5.74) is 0.919. The van der Waals surface area contributed by atoms with Gasteiger partial charge in [-0.2, -0.15) is 0 Å². The number of phenols is 1. The lowest BCUT2D eigenvalue weighted by Gasteiger charge is -2.09. The van der Waals surface area contributed by atoms with Crippen molar-refractivity contribution in [1.82, 2.24) is 5.32 Å². The van der Waals surface area contributed by atoms with Crippen molar-refractivity contribution < 1.29 is 9.84 Å². The molecule has 0 bridgehead atoms. The van der Waals surface area contributed by atoms with Crippen LogP contribution in [0.15, 0.2) is 22.7 Å². The fourth-order valence-corrected chi connectivity index (χ4v) is 2.00. The number of rotatable bonds is 8. The van der Waals surface area contributed by atoms with Gasteiger partial charge in [0.2, 0.25) is 0 Å². The van der Waals surface area contributed by atoms with Gasteiger partial charge in [0, 0.05) is 23.2 Å². The van der Waals surface area contributed by atoms with E-state index in [4.69, 9.17) is 4.74 Å². The van der Waals surface area contributed by atoms with Gasteiger partial charge in [-0.25, -0.2) is 0 Å². The predicted octanol–water partition coefficient (Wildman–Crippen LogP) is 3.45. The average molecular weight is 316 g/mol. The van der Waals surface area contributed by atoms with Crippen molar-refractivity contribution in [3.05, 3.63) is 28.2 Å². The molecule has 102 valence electrons. The molecule has 0 amide bonds. The minimum atomic E-state index is 0.316. The molecule has 0 atom stereocenters. The van der Waals surface area contributed by atoms with E-state index in [1.54, 1.807) is 6.07 Å². The zero-order chi connectivity index (χ0) is 13.4. The van der Waals surface area contributed by atoms with Gasteiger partial charge in [0.15, 0.2) is 0 Å². The normalized spacial score (nSPS) is 11.1. The molecule has 0 aliphatic rings. The maximum atomic E-state index is 9.66. The van der Waals surface area contributed by atoms with Crippen molar-refractivity contribution in [2.75, 3.05) is 13.2 Å². The highest BCUT2D eigenvalue weighted by Gasteiger charge is 2.01. The van der Waals surface area contributed by atoms with Gasteiger partial charge < -0.3 is 15.2 Å². The molecule has 0 heterocycles. The van der Waals surface area contributed by atoms with Crippen LogP contribution >= 0.6 is 15.9 Å². The molecule has 3 nitrogen and oxygen atoms in total. The molecule has 0 aliphatic carbocycles. The van der Waals surface area contributed by atoms with Gasteiger partial charge in [-0.3, -0.25) is 0 Å². The Morgan fingerprint density at radius 1 is 1.33 bits per heavy atom. The van der Waals surface area contributed by atoms with E-state index < -0.39 is 0 Å². The lowest BCUT2D eigenvalue weighted by molar-refractivity contribution is 0.0760. The second-order valence-corrected chi connectivity index (χ2v) is 5.49. The number of nitrogens with one attached hydrogen (secondary N) is 1. The highest BCUT2D eigenvalue weighted by atomic mass is 79.9. The number of phenolic OH excluding ortho intramolecular Hbond substituents is 1. The van der Waals surface area contributed by atoms with Crippen molar-refractivity contribution in [3.8, 4) is 5.75 Å². The first-order valence-corrected chi connectivity index (χ1v) is 7.18. The standard InChI is InChI=1S/C14H22BrNO2/c1-11(2)18-8-4-3-7-16-10-12-9-13(15)5-6-14(12)17/h5-6,9,11,16-17H,3-4,7-8,10H2,1-2H3. The Morgan fingerprint density at radius 2 is 2.11 bits per heavy atom. The van der Waals surface area contributed by atoms with Crippen molar-refractivity contribution in [1.29, 1.82) is 0 Å². The maximum absolute atomic E-state index is 9.66. The Hall–Kier alpha value is -0.580. The summed E-state index contributed by atoms with van der Waals surface area (Å²) in [5, 5.41) is 13.0. The summed E-state index contributed by atoms with van der Waals surface area (Å²) in [4.78, 5) is 0. The fourth-order valence-electron chi connectivity index (χ4n) is 1.59. The Bertz CT molecular complexity index is 356. The number of aromatic hydroxyl groups is 1. The minimum Gasteiger partial charge on any atom is -0.508 e. The Balaban J connectivity index is 2.12. The van der Waals surface area contributed by atoms with Gasteiger partial charge in [-0.15, -0.1) is 0 Å². The molecule has 1 aromatic carbocycles. The molecule has 0 unspecified atom stereocenters. The quantitative estimate of drug-likeness (QED) is 0.722. The van der Waals surface area contributed by atoms with Crippen LogP contribution in [0.2, 0.25) is 0 Å². The molecule has 0 aromatic heterocycles. The second-order valence-electron chi connectivity index (χ2n) is 4.58. The van der Waals surface area contributed by atoms with Crippen LogP contribution in [0, 0.1) is 0 Å². The molecule has 2 N–H and O–H groups in total. The molecule has 0 saturated heterocycles. The second kappa shape index (κ2) is 8.51. The molecular weight excluding hydrogens is 294 g/mol. The zero-order valence-electron chi connectivity index (χ0n) is 11.1. The van der Waals surface area contributed by atoms with E-state index in [-0.39, 0.29) is 0 Å². The van der Waals surface area contributed by atoms with Crippen molar-refractivity contribution in [2.24, 2.45) is 0 Å². The SMILES string of the molecule is CC(C)OCCCCNCc1cc(Br)ccc1O. The maximum Gasteiger partial charge on any atom is 0.120 e. The Labute approximate surface area is 118 Å². The Morgan fingerprint density at radius 3 is 2.83 bits per heavy atom. The molecule has 0 radical (unpaired) electrons. The number of ether oxygens (including phenoxy) is 1. The van der Waals surface area contributed by atoms with E-state index in [1.807, 2.05) is 26.0 Å². The summed E-state index contributed by atoms with van der Waals surface area (Å²) in [7, 11) is 0. The van der Waals surface area contributed by atoms with E-state index in [0.29, 0.717) is 18.4 Å². The summed E-state index contributed by atoms with van der Waals surface area (Å²) < 4.78 is 6.46.